The van der Waals surface area contributed by atoms with Crippen LogP contribution in [0, 0.1) is 29.1 Å². The summed E-state index contributed by atoms with van der Waals surface area (Å²) in [5.41, 5.74) is 10.8. The van der Waals surface area contributed by atoms with Gasteiger partial charge in [0.25, 0.3) is 11.8 Å². The van der Waals surface area contributed by atoms with Crippen molar-refractivity contribution in [1.29, 1.82) is 0 Å². The summed E-state index contributed by atoms with van der Waals surface area (Å²) in [6, 6.07) is 8.12. The Bertz CT molecular complexity index is 997. The highest BCUT2D eigenvalue weighted by atomic mass is 19.2. The van der Waals surface area contributed by atoms with E-state index in [2.05, 4.69) is 10.3 Å². The number of aliphatic imine (C=N–C) groups is 1. The molecule has 0 bridgehead atoms. The Morgan fingerprint density at radius 1 is 0.964 bits per heavy atom. The molecule has 5 N–H and O–H groups in total. The molecular weight excluding hydrogens is 387 g/mol. The first-order valence-electron chi connectivity index (χ1n) is 7.57. The number of primary amides is 1. The van der Waals surface area contributed by atoms with Crippen LogP contribution in [0.5, 0.6) is 5.75 Å². The highest BCUT2D eigenvalue weighted by Gasteiger charge is 2.41. The monoisotopic (exact) mass is 398 g/mol. The minimum Gasteiger partial charge on any atom is -0.442 e. The van der Waals surface area contributed by atoms with E-state index in [-0.39, 0.29) is 5.84 Å². The summed E-state index contributed by atoms with van der Waals surface area (Å²) in [5, 5.41) is 2.60. The van der Waals surface area contributed by atoms with Crippen LogP contribution in [-0.2, 0) is 4.79 Å². The standard InChI is InChI=1S/C17H11F5N4O2/c18-9-10(19)12(21)14(13(22)11(9)20)28-17(24)8(15(23)27)6-25-16(26-17)7-4-2-1-3-5-7/h1-6H,24H2,(H2,23,27)(H,25,26). The van der Waals surface area contributed by atoms with Gasteiger partial charge in [-0.3, -0.25) is 10.5 Å². The van der Waals surface area contributed by atoms with Crippen molar-refractivity contribution in [1.82, 2.24) is 5.32 Å². The van der Waals surface area contributed by atoms with Gasteiger partial charge < -0.3 is 15.8 Å². The van der Waals surface area contributed by atoms with E-state index in [1.807, 2.05) is 0 Å². The maximum absolute atomic E-state index is 14.0. The molecule has 28 heavy (non-hydrogen) atoms. The first-order chi connectivity index (χ1) is 13.2. The van der Waals surface area contributed by atoms with Crippen molar-refractivity contribution in [2.45, 2.75) is 5.85 Å². The molecule has 0 radical (unpaired) electrons. The zero-order valence-corrected chi connectivity index (χ0v) is 13.8. The number of carbonyl (C=O) groups is 1. The normalized spacial score (nSPS) is 18.8. The Morgan fingerprint density at radius 3 is 2.04 bits per heavy atom. The van der Waals surface area contributed by atoms with E-state index in [0.717, 1.165) is 6.20 Å². The van der Waals surface area contributed by atoms with Gasteiger partial charge in [-0.05, 0) is 0 Å². The van der Waals surface area contributed by atoms with Crippen LogP contribution < -0.4 is 21.5 Å². The predicted octanol–water partition coefficient (Wildman–Crippen LogP) is 1.79. The highest BCUT2D eigenvalue weighted by Crippen LogP contribution is 2.33. The molecule has 1 unspecified atom stereocenters. The summed E-state index contributed by atoms with van der Waals surface area (Å²) in [7, 11) is 0. The Labute approximate surface area is 154 Å². The van der Waals surface area contributed by atoms with E-state index < -0.39 is 52.2 Å². The van der Waals surface area contributed by atoms with Gasteiger partial charge in [-0.15, -0.1) is 0 Å². The van der Waals surface area contributed by atoms with Gasteiger partial charge in [-0.25, -0.2) is 18.2 Å². The number of benzene rings is 2. The topological polar surface area (TPSA) is 103 Å². The second-order valence-corrected chi connectivity index (χ2v) is 5.59. The van der Waals surface area contributed by atoms with E-state index in [1.165, 1.54) is 0 Å². The lowest BCUT2D eigenvalue weighted by Crippen LogP contribution is -2.54. The number of carbonyl (C=O) groups excluding carboxylic acids is 1. The Balaban J connectivity index is 2.14. The lowest BCUT2D eigenvalue weighted by atomic mass is 10.1. The third-order valence-corrected chi connectivity index (χ3v) is 3.76. The number of nitrogens with one attached hydrogen (secondary N) is 1. The zero-order valence-electron chi connectivity index (χ0n) is 13.8. The number of nitrogens with two attached hydrogens (primary N) is 2. The van der Waals surface area contributed by atoms with Crippen LogP contribution in [-0.4, -0.2) is 17.6 Å². The minimum absolute atomic E-state index is 0.00280. The molecule has 2 aromatic rings. The summed E-state index contributed by atoms with van der Waals surface area (Å²) in [4.78, 5) is 15.5. The molecule has 0 aliphatic carbocycles. The summed E-state index contributed by atoms with van der Waals surface area (Å²) < 4.78 is 72.9. The van der Waals surface area contributed by atoms with Crippen molar-refractivity contribution >= 4 is 11.7 Å². The third kappa shape index (κ3) is 3.16. The molecule has 0 spiro atoms. The number of ether oxygens (including phenoxy) is 1. The number of hydrogen-bond donors (Lipinski definition) is 3. The Kier molecular flexibility index (Phi) is 4.77. The molecule has 2 aromatic carbocycles. The van der Waals surface area contributed by atoms with Crippen LogP contribution in [0.1, 0.15) is 5.56 Å². The molecule has 1 aliphatic rings. The van der Waals surface area contributed by atoms with Crippen LogP contribution in [0.15, 0.2) is 47.1 Å². The number of halogens is 5. The molecule has 1 heterocycles. The summed E-state index contributed by atoms with van der Waals surface area (Å²) in [6.45, 7) is 0. The van der Waals surface area contributed by atoms with Gasteiger partial charge >= 0.3 is 0 Å². The van der Waals surface area contributed by atoms with Crippen LogP contribution in [0.2, 0.25) is 0 Å². The fraction of sp³-hybridized carbons (Fsp3) is 0.0588. The number of amidine groups is 1. The molecular formula is C17H11F5N4O2. The fourth-order valence-electron chi connectivity index (χ4n) is 2.40. The molecule has 1 amide bonds. The molecule has 0 aromatic heterocycles. The molecule has 146 valence electrons. The first kappa shape index (κ1) is 19.3. The van der Waals surface area contributed by atoms with Crippen molar-refractivity contribution in [2.24, 2.45) is 16.5 Å². The molecule has 3 rings (SSSR count). The van der Waals surface area contributed by atoms with Gasteiger partial charge in [0.1, 0.15) is 11.4 Å². The van der Waals surface area contributed by atoms with Gasteiger partial charge in [0, 0.05) is 11.8 Å². The molecule has 1 atom stereocenters. The van der Waals surface area contributed by atoms with E-state index in [1.54, 1.807) is 30.3 Å². The average molecular weight is 398 g/mol. The van der Waals surface area contributed by atoms with E-state index >= 15 is 0 Å². The molecule has 0 fully saturated rings. The van der Waals surface area contributed by atoms with Crippen molar-refractivity contribution < 1.29 is 31.5 Å². The van der Waals surface area contributed by atoms with Crippen molar-refractivity contribution in [3.05, 3.63) is 76.8 Å². The molecule has 11 heteroatoms. The van der Waals surface area contributed by atoms with Crippen LogP contribution >= 0.6 is 0 Å². The smallest absolute Gasteiger partial charge is 0.291 e. The lowest BCUT2D eigenvalue weighted by Gasteiger charge is -2.31. The van der Waals surface area contributed by atoms with Gasteiger partial charge in [-0.1, -0.05) is 30.3 Å². The largest absolute Gasteiger partial charge is 0.442 e. The third-order valence-electron chi connectivity index (χ3n) is 3.76. The molecule has 1 aliphatic heterocycles. The van der Waals surface area contributed by atoms with Gasteiger partial charge in [0.2, 0.25) is 34.8 Å². The average Bonchev–Trinajstić information content (AvgIpc) is 2.68. The van der Waals surface area contributed by atoms with E-state index in [4.69, 9.17) is 16.2 Å². The van der Waals surface area contributed by atoms with Crippen molar-refractivity contribution in [3.8, 4) is 5.75 Å². The zero-order chi connectivity index (χ0) is 20.6. The second kappa shape index (κ2) is 6.93. The maximum atomic E-state index is 14.0. The van der Waals surface area contributed by atoms with Crippen LogP contribution in [0.25, 0.3) is 0 Å². The quantitative estimate of drug-likeness (QED) is 0.316. The Morgan fingerprint density at radius 2 is 1.50 bits per heavy atom. The van der Waals surface area contributed by atoms with E-state index in [9.17, 15) is 26.7 Å². The van der Waals surface area contributed by atoms with Crippen LogP contribution in [0.4, 0.5) is 22.0 Å². The van der Waals surface area contributed by atoms with Gasteiger partial charge in [0.15, 0.2) is 0 Å². The maximum Gasteiger partial charge on any atom is 0.291 e. The number of nitrogens with zero attached hydrogens (tertiary/aromatic N) is 1. The van der Waals surface area contributed by atoms with Gasteiger partial charge in [-0.2, -0.15) is 8.78 Å². The fourth-order valence-corrected chi connectivity index (χ4v) is 2.40. The molecule has 0 saturated carbocycles. The summed E-state index contributed by atoms with van der Waals surface area (Å²) in [6.07, 6.45) is 0.962. The number of amides is 1. The minimum atomic E-state index is -2.67. The summed E-state index contributed by atoms with van der Waals surface area (Å²) in [5.74, 6) is -17.0. The highest BCUT2D eigenvalue weighted by molar-refractivity contribution is 6.03. The Hall–Kier alpha value is -3.47. The number of hydrogen-bond acceptors (Lipinski definition) is 5. The SMILES string of the molecule is NC(=O)C1=CNC(c2ccccc2)=NC1(N)Oc1c(F)c(F)c(F)c(F)c1F. The predicted molar refractivity (Wildman–Crippen MR) is 87.2 cm³/mol. The van der Waals surface area contributed by atoms with Gasteiger partial charge in [0.05, 0.1) is 0 Å². The number of rotatable bonds is 4. The second-order valence-electron chi connectivity index (χ2n) is 5.59. The summed E-state index contributed by atoms with van der Waals surface area (Å²) >= 11 is 0. The van der Waals surface area contributed by atoms with Crippen molar-refractivity contribution in [3.63, 3.8) is 0 Å². The molecule has 6 nitrogen and oxygen atoms in total. The lowest BCUT2D eigenvalue weighted by molar-refractivity contribution is -0.116. The van der Waals surface area contributed by atoms with Crippen molar-refractivity contribution in [2.75, 3.05) is 0 Å². The van der Waals surface area contributed by atoms with E-state index in [0.29, 0.717) is 5.56 Å². The van der Waals surface area contributed by atoms with Crippen LogP contribution in [0.3, 0.4) is 0 Å². The first-order valence-corrected chi connectivity index (χ1v) is 7.57. The molecule has 0 saturated heterocycles.